The molecule has 0 amide bonds. The summed E-state index contributed by atoms with van der Waals surface area (Å²) in [5, 5.41) is 3.45. The van der Waals surface area contributed by atoms with E-state index < -0.39 is 0 Å². The van der Waals surface area contributed by atoms with Crippen LogP contribution < -0.4 is 10.2 Å². The smallest absolute Gasteiger partial charge is 0.0414 e. The summed E-state index contributed by atoms with van der Waals surface area (Å²) in [5.41, 5.74) is 2.88. The van der Waals surface area contributed by atoms with Gasteiger partial charge in [-0.2, -0.15) is 0 Å². The summed E-state index contributed by atoms with van der Waals surface area (Å²) in [6.45, 7) is 5.86. The molecule has 0 aliphatic carbocycles. The van der Waals surface area contributed by atoms with Gasteiger partial charge in [0, 0.05) is 31.4 Å². The maximum Gasteiger partial charge on any atom is 0.0414 e. The van der Waals surface area contributed by atoms with Crippen LogP contribution in [-0.2, 0) is 0 Å². The average Bonchev–Trinajstić information content (AvgIpc) is 2.49. The molecule has 1 unspecified atom stereocenters. The first-order chi connectivity index (χ1) is 10.2. The fourth-order valence-electron chi connectivity index (χ4n) is 3.52. The van der Waals surface area contributed by atoms with E-state index >= 15 is 0 Å². The first-order valence-corrected chi connectivity index (χ1v) is 8.31. The van der Waals surface area contributed by atoms with Gasteiger partial charge in [0.1, 0.15) is 0 Å². The maximum absolute atomic E-state index is 3.45. The van der Waals surface area contributed by atoms with Crippen LogP contribution in [0.2, 0.25) is 0 Å². The highest BCUT2D eigenvalue weighted by atomic mass is 15.1. The first kappa shape index (κ1) is 16.3. The lowest BCUT2D eigenvalue weighted by Crippen LogP contribution is -2.38. The minimum atomic E-state index is 0.459. The Hall–Kier alpha value is -1.06. The van der Waals surface area contributed by atoms with E-state index in [4.69, 9.17) is 0 Å². The van der Waals surface area contributed by atoms with E-state index in [2.05, 4.69) is 67.4 Å². The van der Waals surface area contributed by atoms with E-state index in [0.717, 1.165) is 12.3 Å². The van der Waals surface area contributed by atoms with Crippen LogP contribution in [0.4, 0.5) is 5.69 Å². The zero-order valence-corrected chi connectivity index (χ0v) is 14.1. The standard InChI is InChI=1S/C18H31N3/c1-5-17(19-2)16-8-6-7-9-18(16)21-12-10-15(11-13-21)14-20(3)4/h6-9,15,17,19H,5,10-14H2,1-4H3. The molecule has 1 saturated heterocycles. The summed E-state index contributed by atoms with van der Waals surface area (Å²) >= 11 is 0. The van der Waals surface area contributed by atoms with Crippen molar-refractivity contribution in [2.75, 3.05) is 45.7 Å². The quantitative estimate of drug-likeness (QED) is 0.868. The maximum atomic E-state index is 3.45. The van der Waals surface area contributed by atoms with Crippen molar-refractivity contribution in [2.24, 2.45) is 5.92 Å². The molecule has 0 aromatic heterocycles. The summed E-state index contributed by atoms with van der Waals surface area (Å²) in [6.07, 6.45) is 3.75. The van der Waals surface area contributed by atoms with Crippen molar-refractivity contribution in [3.8, 4) is 0 Å². The van der Waals surface area contributed by atoms with Crippen LogP contribution in [0, 0.1) is 5.92 Å². The fraction of sp³-hybridized carbons (Fsp3) is 0.667. The number of para-hydroxylation sites is 1. The minimum absolute atomic E-state index is 0.459. The molecule has 21 heavy (non-hydrogen) atoms. The van der Waals surface area contributed by atoms with Crippen molar-refractivity contribution < 1.29 is 0 Å². The molecule has 0 radical (unpaired) electrons. The zero-order valence-electron chi connectivity index (χ0n) is 14.1. The van der Waals surface area contributed by atoms with Gasteiger partial charge in [-0.25, -0.2) is 0 Å². The van der Waals surface area contributed by atoms with Gasteiger partial charge in [-0.05, 0) is 58.0 Å². The molecule has 1 N–H and O–H groups in total. The molecule has 0 bridgehead atoms. The molecule has 118 valence electrons. The Balaban J connectivity index is 2.06. The van der Waals surface area contributed by atoms with Gasteiger partial charge in [-0.15, -0.1) is 0 Å². The van der Waals surface area contributed by atoms with Gasteiger partial charge >= 0.3 is 0 Å². The van der Waals surface area contributed by atoms with Crippen molar-refractivity contribution in [3.63, 3.8) is 0 Å². The highest BCUT2D eigenvalue weighted by Crippen LogP contribution is 2.31. The van der Waals surface area contributed by atoms with E-state index in [1.54, 1.807) is 0 Å². The number of hydrogen-bond acceptors (Lipinski definition) is 3. The molecule has 1 aliphatic rings. The van der Waals surface area contributed by atoms with Gasteiger partial charge in [-0.1, -0.05) is 25.1 Å². The molecule has 3 heteroatoms. The monoisotopic (exact) mass is 289 g/mol. The fourth-order valence-corrected chi connectivity index (χ4v) is 3.52. The van der Waals surface area contributed by atoms with Crippen molar-refractivity contribution >= 4 is 5.69 Å². The topological polar surface area (TPSA) is 18.5 Å². The molecule has 3 nitrogen and oxygen atoms in total. The Labute approximate surface area is 130 Å². The third kappa shape index (κ3) is 4.21. The molecule has 2 rings (SSSR count). The Kier molecular flexibility index (Phi) is 6.07. The van der Waals surface area contributed by atoms with Crippen molar-refractivity contribution in [1.29, 1.82) is 0 Å². The number of benzene rings is 1. The average molecular weight is 289 g/mol. The van der Waals surface area contributed by atoms with Crippen LogP contribution in [0.15, 0.2) is 24.3 Å². The predicted molar refractivity (Wildman–Crippen MR) is 92.0 cm³/mol. The summed E-state index contributed by atoms with van der Waals surface area (Å²) in [4.78, 5) is 4.91. The highest BCUT2D eigenvalue weighted by Gasteiger charge is 2.22. The number of hydrogen-bond donors (Lipinski definition) is 1. The number of nitrogens with one attached hydrogen (secondary N) is 1. The number of anilines is 1. The predicted octanol–water partition coefficient (Wildman–Crippen LogP) is 3.14. The largest absolute Gasteiger partial charge is 0.371 e. The highest BCUT2D eigenvalue weighted by molar-refractivity contribution is 5.55. The van der Waals surface area contributed by atoms with Crippen LogP contribution in [-0.4, -0.2) is 45.7 Å². The third-order valence-electron chi connectivity index (χ3n) is 4.65. The van der Waals surface area contributed by atoms with E-state index in [1.807, 2.05) is 0 Å². The van der Waals surface area contributed by atoms with E-state index in [0.29, 0.717) is 6.04 Å². The molecule has 1 atom stereocenters. The molecule has 1 heterocycles. The van der Waals surface area contributed by atoms with Gasteiger partial charge in [0.15, 0.2) is 0 Å². The Morgan fingerprint density at radius 1 is 1.24 bits per heavy atom. The van der Waals surface area contributed by atoms with E-state index in [-0.39, 0.29) is 0 Å². The third-order valence-corrected chi connectivity index (χ3v) is 4.65. The second-order valence-corrected chi connectivity index (χ2v) is 6.50. The lowest BCUT2D eigenvalue weighted by Gasteiger charge is -2.36. The zero-order chi connectivity index (χ0) is 15.2. The van der Waals surface area contributed by atoms with Crippen LogP contribution in [0.3, 0.4) is 0 Å². The van der Waals surface area contributed by atoms with Gasteiger partial charge in [0.25, 0.3) is 0 Å². The second kappa shape index (κ2) is 7.81. The Morgan fingerprint density at radius 3 is 2.48 bits per heavy atom. The normalized spacial score (nSPS) is 18.2. The van der Waals surface area contributed by atoms with E-state index in [9.17, 15) is 0 Å². The van der Waals surface area contributed by atoms with Gasteiger partial charge < -0.3 is 15.1 Å². The minimum Gasteiger partial charge on any atom is -0.371 e. The molecular formula is C18H31N3. The van der Waals surface area contributed by atoms with Crippen molar-refractivity contribution in [2.45, 2.75) is 32.2 Å². The molecule has 1 aromatic rings. The SMILES string of the molecule is CCC(NC)c1ccccc1N1CCC(CN(C)C)CC1. The van der Waals surface area contributed by atoms with E-state index in [1.165, 1.54) is 43.7 Å². The lowest BCUT2D eigenvalue weighted by atomic mass is 9.94. The lowest BCUT2D eigenvalue weighted by molar-refractivity contribution is 0.285. The molecule has 1 fully saturated rings. The summed E-state index contributed by atoms with van der Waals surface area (Å²) in [7, 11) is 6.43. The summed E-state index contributed by atoms with van der Waals surface area (Å²) < 4.78 is 0. The van der Waals surface area contributed by atoms with Gasteiger partial charge in [0.05, 0.1) is 0 Å². The van der Waals surface area contributed by atoms with Crippen LogP contribution >= 0.6 is 0 Å². The number of rotatable bonds is 6. The number of nitrogens with zero attached hydrogens (tertiary/aromatic N) is 2. The van der Waals surface area contributed by atoms with Crippen molar-refractivity contribution in [3.05, 3.63) is 29.8 Å². The van der Waals surface area contributed by atoms with Crippen LogP contribution in [0.25, 0.3) is 0 Å². The second-order valence-electron chi connectivity index (χ2n) is 6.50. The van der Waals surface area contributed by atoms with Crippen LogP contribution in [0.5, 0.6) is 0 Å². The molecule has 1 aromatic carbocycles. The van der Waals surface area contributed by atoms with Gasteiger partial charge in [0.2, 0.25) is 0 Å². The molecule has 1 aliphatic heterocycles. The Morgan fingerprint density at radius 2 is 1.90 bits per heavy atom. The summed E-state index contributed by atoms with van der Waals surface area (Å²) in [6, 6.07) is 9.37. The van der Waals surface area contributed by atoms with Crippen molar-refractivity contribution in [1.82, 2.24) is 10.2 Å². The number of piperidine rings is 1. The summed E-state index contributed by atoms with van der Waals surface area (Å²) in [5.74, 6) is 0.856. The molecule has 0 saturated carbocycles. The molecule has 0 spiro atoms. The molecular weight excluding hydrogens is 258 g/mol. The van der Waals surface area contributed by atoms with Gasteiger partial charge in [-0.3, -0.25) is 0 Å². The Bertz CT molecular complexity index is 418. The van der Waals surface area contributed by atoms with Crippen LogP contribution in [0.1, 0.15) is 37.8 Å². The first-order valence-electron chi connectivity index (χ1n) is 8.31.